The van der Waals surface area contributed by atoms with Gasteiger partial charge in [-0.05, 0) is 60.9 Å². The number of ether oxygens (including phenoxy) is 1. The first-order chi connectivity index (χ1) is 18.7. The highest BCUT2D eigenvalue weighted by molar-refractivity contribution is 6.36. The van der Waals surface area contributed by atoms with Crippen LogP contribution >= 0.6 is 23.2 Å². The molecular weight excluding hydrogens is 535 g/mol. The summed E-state index contributed by atoms with van der Waals surface area (Å²) in [6, 6.07) is 21.8. The summed E-state index contributed by atoms with van der Waals surface area (Å²) in [5.41, 5.74) is 3.49. The summed E-state index contributed by atoms with van der Waals surface area (Å²) in [6.45, 7) is 6.06. The van der Waals surface area contributed by atoms with Gasteiger partial charge in [0.15, 0.2) is 0 Å². The zero-order chi connectivity index (χ0) is 28.1. The number of hydrogen-bond donors (Lipinski definition) is 1. The summed E-state index contributed by atoms with van der Waals surface area (Å²) >= 11 is 12.3. The maximum absolute atomic E-state index is 13.5. The van der Waals surface area contributed by atoms with Gasteiger partial charge in [-0.3, -0.25) is 9.59 Å². The minimum atomic E-state index is -0.360. The molecule has 0 aliphatic carbocycles. The molecule has 0 radical (unpaired) electrons. The third kappa shape index (κ3) is 6.61. The van der Waals surface area contributed by atoms with E-state index < -0.39 is 0 Å². The van der Waals surface area contributed by atoms with Gasteiger partial charge in [0.1, 0.15) is 18.1 Å². The summed E-state index contributed by atoms with van der Waals surface area (Å²) in [6.07, 6.45) is 0. The second-order valence-electron chi connectivity index (χ2n) is 9.54. The van der Waals surface area contributed by atoms with Crippen LogP contribution in [0, 0.1) is 12.8 Å². The Kier molecular flexibility index (Phi) is 8.94. The SMILES string of the molecule is COc1ccc(-n2nc(C)c(-c3ccccc3)c2NC(=O)CN(CC(C)C)C(=O)c2ccc(Cl)cc2Cl)cc1. The number of aromatic nitrogens is 2. The van der Waals surface area contributed by atoms with E-state index in [4.69, 9.17) is 33.0 Å². The average molecular weight is 566 g/mol. The van der Waals surface area contributed by atoms with Crippen molar-refractivity contribution in [3.63, 3.8) is 0 Å². The molecule has 0 aliphatic rings. The minimum absolute atomic E-state index is 0.125. The lowest BCUT2D eigenvalue weighted by Gasteiger charge is -2.25. The van der Waals surface area contributed by atoms with Crippen molar-refractivity contribution < 1.29 is 14.3 Å². The molecule has 0 spiro atoms. The van der Waals surface area contributed by atoms with Gasteiger partial charge < -0.3 is 15.0 Å². The Morgan fingerprint density at radius 3 is 2.33 bits per heavy atom. The zero-order valence-corrected chi connectivity index (χ0v) is 23.8. The third-order valence-electron chi connectivity index (χ3n) is 6.07. The van der Waals surface area contributed by atoms with Gasteiger partial charge in [-0.15, -0.1) is 0 Å². The number of carbonyl (C=O) groups is 2. The maximum atomic E-state index is 13.5. The smallest absolute Gasteiger partial charge is 0.255 e. The van der Waals surface area contributed by atoms with E-state index in [9.17, 15) is 9.59 Å². The number of hydrogen-bond acceptors (Lipinski definition) is 4. The van der Waals surface area contributed by atoms with Gasteiger partial charge in [-0.25, -0.2) is 4.68 Å². The molecule has 0 fully saturated rings. The van der Waals surface area contributed by atoms with Crippen LogP contribution in [0.4, 0.5) is 5.82 Å². The molecule has 3 aromatic carbocycles. The Balaban J connectivity index is 1.69. The molecule has 39 heavy (non-hydrogen) atoms. The van der Waals surface area contributed by atoms with Crippen molar-refractivity contribution in [1.29, 1.82) is 0 Å². The molecule has 0 saturated heterocycles. The topological polar surface area (TPSA) is 76.5 Å². The number of halogens is 2. The highest BCUT2D eigenvalue weighted by Crippen LogP contribution is 2.34. The fraction of sp³-hybridized carbons (Fsp3) is 0.233. The van der Waals surface area contributed by atoms with E-state index in [1.165, 1.54) is 11.0 Å². The summed E-state index contributed by atoms with van der Waals surface area (Å²) < 4.78 is 6.99. The van der Waals surface area contributed by atoms with Crippen molar-refractivity contribution in [2.75, 3.05) is 25.5 Å². The number of nitrogens with zero attached hydrogens (tertiary/aromatic N) is 3. The lowest BCUT2D eigenvalue weighted by Crippen LogP contribution is -2.40. The first kappa shape index (κ1) is 28.2. The molecule has 0 atom stereocenters. The van der Waals surface area contributed by atoms with Crippen molar-refractivity contribution in [2.45, 2.75) is 20.8 Å². The molecule has 4 rings (SSSR count). The van der Waals surface area contributed by atoms with Crippen LogP contribution in [0.15, 0.2) is 72.8 Å². The van der Waals surface area contributed by atoms with Crippen molar-refractivity contribution in [2.24, 2.45) is 5.92 Å². The van der Waals surface area contributed by atoms with E-state index in [2.05, 4.69) is 5.32 Å². The molecule has 4 aromatic rings. The highest BCUT2D eigenvalue weighted by Gasteiger charge is 2.25. The Hall–Kier alpha value is -3.81. The second-order valence-corrected chi connectivity index (χ2v) is 10.4. The zero-order valence-electron chi connectivity index (χ0n) is 22.2. The van der Waals surface area contributed by atoms with Crippen LogP contribution in [0.5, 0.6) is 5.75 Å². The lowest BCUT2D eigenvalue weighted by molar-refractivity contribution is -0.117. The number of amides is 2. The Labute approximate surface area is 238 Å². The van der Waals surface area contributed by atoms with E-state index in [-0.39, 0.29) is 29.3 Å². The molecule has 202 valence electrons. The van der Waals surface area contributed by atoms with Gasteiger partial charge in [0.05, 0.1) is 29.1 Å². The van der Waals surface area contributed by atoms with Crippen LogP contribution in [-0.2, 0) is 4.79 Å². The standard InChI is InChI=1S/C30H30Cl2N4O3/c1-19(2)17-35(30(38)25-15-10-22(31)16-26(25)32)18-27(37)33-29-28(21-8-6-5-7-9-21)20(3)34-36(29)23-11-13-24(39-4)14-12-23/h5-16,19H,17-18H2,1-4H3,(H,33,37). The van der Waals surface area contributed by atoms with Crippen molar-refractivity contribution in [3.8, 4) is 22.6 Å². The van der Waals surface area contributed by atoms with E-state index in [0.29, 0.717) is 28.7 Å². The van der Waals surface area contributed by atoms with E-state index in [1.54, 1.807) is 23.9 Å². The van der Waals surface area contributed by atoms with Crippen LogP contribution in [0.2, 0.25) is 10.0 Å². The monoisotopic (exact) mass is 564 g/mol. The van der Waals surface area contributed by atoms with Crippen LogP contribution in [0.1, 0.15) is 29.9 Å². The van der Waals surface area contributed by atoms with Gasteiger partial charge in [0.2, 0.25) is 5.91 Å². The first-order valence-corrected chi connectivity index (χ1v) is 13.3. The molecular formula is C30H30Cl2N4O3. The van der Waals surface area contributed by atoms with E-state index >= 15 is 0 Å². The Bertz CT molecular complexity index is 1470. The average Bonchev–Trinajstić information content (AvgIpc) is 3.23. The molecule has 0 aliphatic heterocycles. The van der Waals surface area contributed by atoms with E-state index in [0.717, 1.165) is 22.5 Å². The molecule has 1 heterocycles. The fourth-order valence-electron chi connectivity index (χ4n) is 4.34. The highest BCUT2D eigenvalue weighted by atomic mass is 35.5. The number of methoxy groups -OCH3 is 1. The molecule has 9 heteroatoms. The molecule has 1 N–H and O–H groups in total. The molecule has 0 bridgehead atoms. The number of aryl methyl sites for hydroxylation is 1. The van der Waals surface area contributed by atoms with Crippen LogP contribution in [0.25, 0.3) is 16.8 Å². The van der Waals surface area contributed by atoms with Crippen LogP contribution in [-0.4, -0.2) is 46.7 Å². The number of rotatable bonds is 9. The van der Waals surface area contributed by atoms with Crippen LogP contribution < -0.4 is 10.1 Å². The number of anilines is 1. The van der Waals surface area contributed by atoms with Gasteiger partial charge in [0.25, 0.3) is 5.91 Å². The predicted molar refractivity (Wildman–Crippen MR) is 156 cm³/mol. The van der Waals surface area contributed by atoms with Crippen molar-refractivity contribution in [3.05, 3.63) is 94.1 Å². The van der Waals surface area contributed by atoms with E-state index in [1.807, 2.05) is 75.4 Å². The number of nitrogens with one attached hydrogen (secondary N) is 1. The Morgan fingerprint density at radius 2 is 1.72 bits per heavy atom. The number of benzene rings is 3. The van der Waals surface area contributed by atoms with Crippen molar-refractivity contribution in [1.82, 2.24) is 14.7 Å². The molecule has 1 aromatic heterocycles. The van der Waals surface area contributed by atoms with Crippen LogP contribution in [0.3, 0.4) is 0 Å². The fourth-order valence-corrected chi connectivity index (χ4v) is 4.83. The largest absolute Gasteiger partial charge is 0.497 e. The Morgan fingerprint density at radius 1 is 1.03 bits per heavy atom. The van der Waals surface area contributed by atoms with Gasteiger partial charge in [0, 0.05) is 17.1 Å². The third-order valence-corrected chi connectivity index (χ3v) is 6.61. The summed E-state index contributed by atoms with van der Waals surface area (Å²) in [4.78, 5) is 28.5. The summed E-state index contributed by atoms with van der Waals surface area (Å²) in [5.74, 6) is 0.639. The quantitative estimate of drug-likeness (QED) is 0.240. The molecule has 0 saturated carbocycles. The molecule has 7 nitrogen and oxygen atoms in total. The van der Waals surface area contributed by atoms with Crippen molar-refractivity contribution >= 4 is 40.8 Å². The maximum Gasteiger partial charge on any atom is 0.255 e. The van der Waals surface area contributed by atoms with Gasteiger partial charge >= 0.3 is 0 Å². The molecule has 2 amide bonds. The normalized spacial score (nSPS) is 10.9. The molecule has 0 unspecified atom stereocenters. The van der Waals surface area contributed by atoms with Gasteiger partial charge in [-0.2, -0.15) is 5.10 Å². The van der Waals surface area contributed by atoms with Gasteiger partial charge in [-0.1, -0.05) is 67.4 Å². The minimum Gasteiger partial charge on any atom is -0.497 e. The summed E-state index contributed by atoms with van der Waals surface area (Å²) in [5, 5.41) is 8.46. The predicted octanol–water partition coefficient (Wildman–Crippen LogP) is 6.90. The lowest BCUT2D eigenvalue weighted by atomic mass is 10.1. The summed E-state index contributed by atoms with van der Waals surface area (Å²) in [7, 11) is 1.60. The number of carbonyl (C=O) groups excluding carboxylic acids is 2. The second kappa shape index (κ2) is 12.4. The first-order valence-electron chi connectivity index (χ1n) is 12.5.